The zero-order chi connectivity index (χ0) is 25.9. The Kier molecular flexibility index (Phi) is 7.10. The van der Waals surface area contributed by atoms with Crippen molar-refractivity contribution in [3.05, 3.63) is 66.2 Å². The van der Waals surface area contributed by atoms with Crippen LogP contribution in [0.25, 0.3) is 21.9 Å². The summed E-state index contributed by atoms with van der Waals surface area (Å²) in [6, 6.07) is 20.9. The Labute approximate surface area is 222 Å². The molecule has 2 saturated carbocycles. The van der Waals surface area contributed by atoms with Crippen LogP contribution in [0, 0.1) is 11.8 Å². The zero-order valence-electron chi connectivity index (χ0n) is 21.5. The minimum atomic E-state index is -0.0375. The van der Waals surface area contributed by atoms with Gasteiger partial charge in [-0.05, 0) is 66.6 Å². The molecule has 2 aliphatic rings. The number of carbonyl (C=O) groups is 2. The van der Waals surface area contributed by atoms with Crippen molar-refractivity contribution in [1.29, 1.82) is 0 Å². The summed E-state index contributed by atoms with van der Waals surface area (Å²) in [6.45, 7) is 0.797. The highest BCUT2D eigenvalue weighted by Gasteiger charge is 2.27. The molecule has 1 heterocycles. The molecule has 7 heteroatoms. The number of nitrogens with one attached hydrogen (secondary N) is 3. The summed E-state index contributed by atoms with van der Waals surface area (Å²) in [7, 11) is 0. The molecule has 0 radical (unpaired) electrons. The molecule has 6 rings (SSSR count). The van der Waals surface area contributed by atoms with E-state index < -0.39 is 0 Å². The van der Waals surface area contributed by atoms with Crippen LogP contribution in [0.4, 0.5) is 11.7 Å². The third-order valence-electron chi connectivity index (χ3n) is 8.07. The Morgan fingerprint density at radius 1 is 0.816 bits per heavy atom. The number of aromatic nitrogens is 1. The number of hydrogen-bond donors (Lipinski definition) is 3. The van der Waals surface area contributed by atoms with Gasteiger partial charge in [0.05, 0.1) is 0 Å². The quantitative estimate of drug-likeness (QED) is 0.267. The fraction of sp³-hybridized carbons (Fsp3) is 0.387. The van der Waals surface area contributed by atoms with E-state index in [4.69, 9.17) is 4.42 Å². The number of benzene rings is 3. The average molecular weight is 511 g/mol. The smallest absolute Gasteiger partial charge is 0.302 e. The summed E-state index contributed by atoms with van der Waals surface area (Å²) in [4.78, 5) is 29.9. The van der Waals surface area contributed by atoms with E-state index in [1.165, 1.54) is 16.3 Å². The summed E-state index contributed by atoms with van der Waals surface area (Å²) in [5.74, 6) is 0.0188. The molecule has 2 atom stereocenters. The third kappa shape index (κ3) is 5.58. The molecule has 2 amide bonds. The van der Waals surface area contributed by atoms with E-state index in [0.717, 1.165) is 57.9 Å². The van der Waals surface area contributed by atoms with Gasteiger partial charge in [-0.25, -0.2) is 0 Å². The van der Waals surface area contributed by atoms with Gasteiger partial charge in [0.1, 0.15) is 5.52 Å². The molecule has 196 valence electrons. The van der Waals surface area contributed by atoms with Gasteiger partial charge in [0.25, 0.3) is 0 Å². The van der Waals surface area contributed by atoms with Crippen molar-refractivity contribution in [3.8, 4) is 0 Å². The minimum Gasteiger partial charge on any atom is -0.423 e. The van der Waals surface area contributed by atoms with Gasteiger partial charge < -0.3 is 15.1 Å². The third-order valence-corrected chi connectivity index (χ3v) is 8.07. The SMILES string of the molecule is O=C(Nc1ccc2nc(NC(=O)C3CCCC3)oc2c1)C1CCCC(NCc2ccc3ccccc3c2)C1. The highest BCUT2D eigenvalue weighted by atomic mass is 16.4. The normalized spacial score (nSPS) is 20.1. The molecule has 2 unspecified atom stereocenters. The van der Waals surface area contributed by atoms with E-state index >= 15 is 0 Å². The number of rotatable bonds is 7. The molecule has 3 aromatic carbocycles. The van der Waals surface area contributed by atoms with E-state index in [9.17, 15) is 9.59 Å². The van der Waals surface area contributed by atoms with Crippen LogP contribution in [0.15, 0.2) is 65.1 Å². The Hall–Kier alpha value is -3.71. The lowest BCUT2D eigenvalue weighted by atomic mass is 9.85. The van der Waals surface area contributed by atoms with Crippen molar-refractivity contribution in [3.63, 3.8) is 0 Å². The largest absolute Gasteiger partial charge is 0.423 e. The molecule has 0 saturated heterocycles. The summed E-state index contributed by atoms with van der Waals surface area (Å²) >= 11 is 0. The number of carbonyl (C=O) groups excluding carboxylic acids is 2. The lowest BCUT2D eigenvalue weighted by molar-refractivity contribution is -0.121. The fourth-order valence-corrected chi connectivity index (χ4v) is 5.92. The van der Waals surface area contributed by atoms with Crippen LogP contribution in [-0.2, 0) is 16.1 Å². The summed E-state index contributed by atoms with van der Waals surface area (Å²) in [5.41, 5.74) is 3.14. The van der Waals surface area contributed by atoms with Gasteiger partial charge in [0.2, 0.25) is 11.8 Å². The van der Waals surface area contributed by atoms with E-state index in [1.54, 1.807) is 6.07 Å². The second-order valence-electron chi connectivity index (χ2n) is 10.8. The Balaban J connectivity index is 1.04. The van der Waals surface area contributed by atoms with Gasteiger partial charge in [0.15, 0.2) is 5.58 Å². The topological polar surface area (TPSA) is 96.3 Å². The predicted molar refractivity (Wildman–Crippen MR) is 150 cm³/mol. The van der Waals surface area contributed by atoms with Gasteiger partial charge in [-0.1, -0.05) is 55.7 Å². The summed E-state index contributed by atoms with van der Waals surface area (Å²) in [6.07, 6.45) is 7.85. The summed E-state index contributed by atoms with van der Waals surface area (Å²) < 4.78 is 5.78. The predicted octanol–water partition coefficient (Wildman–Crippen LogP) is 6.40. The van der Waals surface area contributed by atoms with Crippen molar-refractivity contribution in [1.82, 2.24) is 10.3 Å². The number of hydrogen-bond acceptors (Lipinski definition) is 5. The molecule has 0 spiro atoms. The minimum absolute atomic E-state index is 0.0244. The van der Waals surface area contributed by atoms with Gasteiger partial charge >= 0.3 is 6.01 Å². The Morgan fingerprint density at radius 2 is 1.61 bits per heavy atom. The maximum absolute atomic E-state index is 13.1. The molecule has 3 N–H and O–H groups in total. The number of amides is 2. The Bertz CT molecular complexity index is 1460. The number of oxazole rings is 1. The van der Waals surface area contributed by atoms with Crippen LogP contribution >= 0.6 is 0 Å². The highest BCUT2D eigenvalue weighted by Crippen LogP contribution is 2.29. The molecular weight excluding hydrogens is 476 g/mol. The van der Waals surface area contributed by atoms with E-state index in [0.29, 0.717) is 22.8 Å². The molecule has 2 aliphatic carbocycles. The van der Waals surface area contributed by atoms with Crippen LogP contribution in [0.5, 0.6) is 0 Å². The van der Waals surface area contributed by atoms with Crippen LogP contribution in [0.2, 0.25) is 0 Å². The fourth-order valence-electron chi connectivity index (χ4n) is 5.92. The van der Waals surface area contributed by atoms with Crippen molar-refractivity contribution < 1.29 is 14.0 Å². The van der Waals surface area contributed by atoms with Crippen molar-refractivity contribution in [2.45, 2.75) is 64.0 Å². The van der Waals surface area contributed by atoms with E-state index in [-0.39, 0.29) is 29.7 Å². The molecule has 4 aromatic rings. The number of fused-ring (bicyclic) bond motifs is 2. The van der Waals surface area contributed by atoms with Crippen LogP contribution < -0.4 is 16.0 Å². The van der Waals surface area contributed by atoms with E-state index in [2.05, 4.69) is 63.4 Å². The van der Waals surface area contributed by atoms with Crippen LogP contribution in [0.3, 0.4) is 0 Å². The first kappa shape index (κ1) is 24.6. The highest BCUT2D eigenvalue weighted by molar-refractivity contribution is 5.95. The second kappa shape index (κ2) is 11.0. The first-order chi connectivity index (χ1) is 18.6. The maximum Gasteiger partial charge on any atom is 0.302 e. The lowest BCUT2D eigenvalue weighted by Crippen LogP contribution is -2.37. The van der Waals surface area contributed by atoms with Crippen molar-refractivity contribution in [2.75, 3.05) is 10.6 Å². The average Bonchev–Trinajstić information content (AvgIpc) is 3.62. The molecular formula is C31H34N4O3. The maximum atomic E-state index is 13.1. The van der Waals surface area contributed by atoms with Crippen LogP contribution in [0.1, 0.15) is 56.9 Å². The summed E-state index contributed by atoms with van der Waals surface area (Å²) in [5, 5.41) is 12.1. The standard InChI is InChI=1S/C31H34N4O3/c36-29(22-7-2-3-8-22)35-31-34-27-15-14-26(18-28(27)38-31)33-30(37)24-10-5-11-25(17-24)32-19-20-12-13-21-6-1-4-9-23(21)16-20/h1,4,6,9,12-16,18,22,24-25,32H,2-3,5,7-8,10-11,17,19H2,(H,33,37)(H,34,35,36). The number of nitrogens with zero attached hydrogens (tertiary/aromatic N) is 1. The molecule has 0 bridgehead atoms. The molecule has 0 aliphatic heterocycles. The van der Waals surface area contributed by atoms with Gasteiger partial charge in [-0.15, -0.1) is 0 Å². The monoisotopic (exact) mass is 510 g/mol. The molecule has 7 nitrogen and oxygen atoms in total. The first-order valence-corrected chi connectivity index (χ1v) is 13.8. The van der Waals surface area contributed by atoms with Gasteiger partial charge in [0, 0.05) is 36.2 Å². The zero-order valence-corrected chi connectivity index (χ0v) is 21.5. The molecule has 2 fully saturated rings. The Morgan fingerprint density at radius 3 is 2.47 bits per heavy atom. The lowest BCUT2D eigenvalue weighted by Gasteiger charge is -2.29. The van der Waals surface area contributed by atoms with Gasteiger partial charge in [-0.3, -0.25) is 14.9 Å². The van der Waals surface area contributed by atoms with Gasteiger partial charge in [-0.2, -0.15) is 4.98 Å². The van der Waals surface area contributed by atoms with Crippen LogP contribution in [-0.4, -0.2) is 22.8 Å². The molecule has 1 aromatic heterocycles. The van der Waals surface area contributed by atoms with Crippen molar-refractivity contribution in [2.24, 2.45) is 11.8 Å². The second-order valence-corrected chi connectivity index (χ2v) is 10.8. The number of anilines is 2. The van der Waals surface area contributed by atoms with Crippen molar-refractivity contribution >= 4 is 45.4 Å². The van der Waals surface area contributed by atoms with E-state index in [1.807, 2.05) is 12.1 Å². The molecule has 38 heavy (non-hydrogen) atoms. The first-order valence-electron chi connectivity index (χ1n) is 13.8.